The molecule has 110 valence electrons. The molecule has 0 unspecified atom stereocenters. The number of carbonyl (C=O) groups is 2. The largest absolute Gasteiger partial charge is 0.478 e. The molecule has 0 saturated carbocycles. The lowest BCUT2D eigenvalue weighted by Gasteiger charge is -2.02. The van der Waals surface area contributed by atoms with E-state index in [0.717, 1.165) is 0 Å². The van der Waals surface area contributed by atoms with E-state index in [1.807, 2.05) is 13.8 Å². The fourth-order valence-electron chi connectivity index (χ4n) is 1.81. The number of rotatable bonds is 5. The van der Waals surface area contributed by atoms with Gasteiger partial charge in [-0.25, -0.2) is 4.79 Å². The van der Waals surface area contributed by atoms with Gasteiger partial charge < -0.3 is 5.11 Å². The second kappa shape index (κ2) is 5.74. The normalized spacial score (nSPS) is 11.4. The van der Waals surface area contributed by atoms with E-state index in [-0.39, 0.29) is 17.4 Å². The summed E-state index contributed by atoms with van der Waals surface area (Å²) in [6, 6.07) is 0.172. The maximum absolute atomic E-state index is 12.1. The topological polar surface area (TPSA) is 90.0 Å². The molecule has 0 fully saturated rings. The first kappa shape index (κ1) is 14.7. The van der Waals surface area contributed by atoms with Gasteiger partial charge >= 0.3 is 5.97 Å². The predicted molar refractivity (Wildman–Crippen MR) is 76.1 cm³/mol. The Morgan fingerprint density at radius 2 is 2.00 bits per heavy atom. The summed E-state index contributed by atoms with van der Waals surface area (Å²) in [5, 5.41) is 17.0. The minimum Gasteiger partial charge on any atom is -0.478 e. The van der Waals surface area contributed by atoms with E-state index in [2.05, 4.69) is 10.2 Å². The van der Waals surface area contributed by atoms with Crippen molar-refractivity contribution in [2.45, 2.75) is 19.9 Å². The van der Waals surface area contributed by atoms with E-state index in [0.29, 0.717) is 11.3 Å². The molecule has 2 rings (SSSR count). The molecule has 7 heteroatoms. The Balaban J connectivity index is 2.22. The predicted octanol–water partition coefficient (Wildman–Crippen LogP) is 1.79. The summed E-state index contributed by atoms with van der Waals surface area (Å²) in [6.07, 6.45) is 7.19. The monoisotopic (exact) mass is 288 g/mol. The Hall–Kier alpha value is -2.70. The molecule has 2 heterocycles. The van der Waals surface area contributed by atoms with Crippen LogP contribution >= 0.6 is 0 Å². The highest BCUT2D eigenvalue weighted by Crippen LogP contribution is 2.11. The lowest BCUT2D eigenvalue weighted by Crippen LogP contribution is -2.01. The van der Waals surface area contributed by atoms with Crippen LogP contribution in [0.25, 0.3) is 6.08 Å². The van der Waals surface area contributed by atoms with Crippen LogP contribution in [0.1, 0.15) is 46.3 Å². The molecule has 0 aliphatic carbocycles. The third kappa shape index (κ3) is 3.07. The number of carboxylic acids is 1. The van der Waals surface area contributed by atoms with Crippen molar-refractivity contribution in [3.63, 3.8) is 0 Å². The van der Waals surface area contributed by atoms with Crippen LogP contribution in [0.4, 0.5) is 0 Å². The standard InChI is InChI=1S/C14H16N4O3/c1-9(2)18-8-10(6-16-18)13(19)5-4-12-11(14(20)21)7-15-17(12)3/h4-9H,1-3H3,(H,20,21). The van der Waals surface area contributed by atoms with Gasteiger partial charge in [-0.3, -0.25) is 14.2 Å². The van der Waals surface area contributed by atoms with Gasteiger partial charge in [-0.05, 0) is 26.0 Å². The zero-order chi connectivity index (χ0) is 15.6. The van der Waals surface area contributed by atoms with Crippen LogP contribution in [-0.4, -0.2) is 36.4 Å². The number of hydrogen-bond acceptors (Lipinski definition) is 4. The Bertz CT molecular complexity index is 710. The molecule has 0 radical (unpaired) electrons. The Labute approximate surface area is 121 Å². The highest BCUT2D eigenvalue weighted by molar-refractivity contribution is 6.07. The lowest BCUT2D eigenvalue weighted by atomic mass is 10.2. The summed E-state index contributed by atoms with van der Waals surface area (Å²) in [6.45, 7) is 3.93. The number of carboxylic acid groups (broad SMARTS) is 1. The first-order valence-corrected chi connectivity index (χ1v) is 6.42. The van der Waals surface area contributed by atoms with E-state index in [1.54, 1.807) is 17.9 Å². The molecular weight excluding hydrogens is 272 g/mol. The number of allylic oxidation sites excluding steroid dienone is 1. The summed E-state index contributed by atoms with van der Waals surface area (Å²) in [7, 11) is 1.62. The Morgan fingerprint density at radius 1 is 1.29 bits per heavy atom. The van der Waals surface area contributed by atoms with Gasteiger partial charge in [-0.2, -0.15) is 10.2 Å². The van der Waals surface area contributed by atoms with Gasteiger partial charge in [0.15, 0.2) is 5.78 Å². The molecule has 21 heavy (non-hydrogen) atoms. The molecule has 1 N–H and O–H groups in total. The van der Waals surface area contributed by atoms with Crippen molar-refractivity contribution < 1.29 is 14.7 Å². The van der Waals surface area contributed by atoms with Crippen molar-refractivity contribution >= 4 is 17.8 Å². The van der Waals surface area contributed by atoms with E-state index in [4.69, 9.17) is 5.11 Å². The van der Waals surface area contributed by atoms with Crippen LogP contribution < -0.4 is 0 Å². The van der Waals surface area contributed by atoms with Crippen molar-refractivity contribution in [3.05, 3.63) is 41.5 Å². The maximum atomic E-state index is 12.1. The number of carbonyl (C=O) groups excluding carboxylic acids is 1. The zero-order valence-corrected chi connectivity index (χ0v) is 12.0. The number of hydrogen-bond donors (Lipinski definition) is 1. The van der Waals surface area contributed by atoms with Crippen molar-refractivity contribution in [1.29, 1.82) is 0 Å². The van der Waals surface area contributed by atoms with Crippen LogP contribution in [0.3, 0.4) is 0 Å². The SMILES string of the molecule is CC(C)n1cc(C(=O)C=Cc2c(C(=O)O)cnn2C)cn1. The minimum absolute atomic E-state index is 0.0550. The summed E-state index contributed by atoms with van der Waals surface area (Å²) in [5.74, 6) is -1.32. The fraction of sp³-hybridized carbons (Fsp3) is 0.286. The molecule has 0 atom stereocenters. The maximum Gasteiger partial charge on any atom is 0.339 e. The average molecular weight is 288 g/mol. The quantitative estimate of drug-likeness (QED) is 0.669. The van der Waals surface area contributed by atoms with Crippen LogP contribution in [0.15, 0.2) is 24.7 Å². The first-order chi connectivity index (χ1) is 9.90. The van der Waals surface area contributed by atoms with Gasteiger partial charge in [0.25, 0.3) is 0 Å². The summed E-state index contributed by atoms with van der Waals surface area (Å²) < 4.78 is 3.10. The van der Waals surface area contributed by atoms with Crippen LogP contribution in [-0.2, 0) is 7.05 Å². The molecule has 0 saturated heterocycles. The van der Waals surface area contributed by atoms with Gasteiger partial charge in [0, 0.05) is 19.3 Å². The van der Waals surface area contributed by atoms with Crippen molar-refractivity contribution in [2.75, 3.05) is 0 Å². The van der Waals surface area contributed by atoms with Gasteiger partial charge in [-0.15, -0.1) is 0 Å². The Morgan fingerprint density at radius 3 is 2.57 bits per heavy atom. The van der Waals surface area contributed by atoms with E-state index < -0.39 is 5.97 Å². The number of nitrogens with zero attached hydrogens (tertiary/aromatic N) is 4. The fourth-order valence-corrected chi connectivity index (χ4v) is 1.81. The second-order valence-electron chi connectivity index (χ2n) is 4.87. The molecule has 0 aromatic carbocycles. The highest BCUT2D eigenvalue weighted by atomic mass is 16.4. The van der Waals surface area contributed by atoms with Gasteiger partial charge in [0.05, 0.1) is 23.7 Å². The van der Waals surface area contributed by atoms with Crippen molar-refractivity contribution in [1.82, 2.24) is 19.6 Å². The molecule has 0 aliphatic heterocycles. The Kier molecular flexibility index (Phi) is 4.02. The molecule has 0 aliphatic rings. The number of aromatic nitrogens is 4. The molecule has 7 nitrogen and oxygen atoms in total. The summed E-state index contributed by atoms with van der Waals surface area (Å²) >= 11 is 0. The molecule has 2 aromatic heterocycles. The van der Waals surface area contributed by atoms with E-state index in [9.17, 15) is 9.59 Å². The van der Waals surface area contributed by atoms with Crippen LogP contribution in [0, 0.1) is 0 Å². The minimum atomic E-state index is -1.08. The third-order valence-electron chi connectivity index (χ3n) is 3.02. The summed E-state index contributed by atoms with van der Waals surface area (Å²) in [5.41, 5.74) is 0.880. The zero-order valence-electron chi connectivity index (χ0n) is 12.0. The van der Waals surface area contributed by atoms with Gasteiger partial charge in [0.1, 0.15) is 5.56 Å². The average Bonchev–Trinajstić information content (AvgIpc) is 3.02. The van der Waals surface area contributed by atoms with Crippen molar-refractivity contribution in [2.24, 2.45) is 7.05 Å². The van der Waals surface area contributed by atoms with E-state index >= 15 is 0 Å². The van der Waals surface area contributed by atoms with Gasteiger partial charge in [-0.1, -0.05) is 0 Å². The number of aryl methyl sites for hydroxylation is 1. The molecule has 0 amide bonds. The smallest absolute Gasteiger partial charge is 0.339 e. The molecule has 0 spiro atoms. The number of ketones is 1. The third-order valence-corrected chi connectivity index (χ3v) is 3.02. The molecule has 2 aromatic rings. The van der Waals surface area contributed by atoms with Crippen LogP contribution in [0.2, 0.25) is 0 Å². The van der Waals surface area contributed by atoms with E-state index in [1.165, 1.54) is 29.2 Å². The first-order valence-electron chi connectivity index (χ1n) is 6.42. The summed E-state index contributed by atoms with van der Waals surface area (Å²) in [4.78, 5) is 23.1. The highest BCUT2D eigenvalue weighted by Gasteiger charge is 2.13. The second-order valence-corrected chi connectivity index (χ2v) is 4.87. The number of aromatic carboxylic acids is 1. The van der Waals surface area contributed by atoms with Crippen molar-refractivity contribution in [3.8, 4) is 0 Å². The lowest BCUT2D eigenvalue weighted by molar-refractivity contribution is 0.0696. The van der Waals surface area contributed by atoms with Crippen LogP contribution in [0.5, 0.6) is 0 Å². The van der Waals surface area contributed by atoms with Gasteiger partial charge in [0.2, 0.25) is 0 Å². The molecular formula is C14H16N4O3. The molecule has 0 bridgehead atoms.